The fourth-order valence-corrected chi connectivity index (χ4v) is 3.62. The number of ether oxygens (including phenoxy) is 1. The van der Waals surface area contributed by atoms with E-state index < -0.39 is 9.84 Å². The molecule has 1 fully saturated rings. The highest BCUT2D eigenvalue weighted by Gasteiger charge is 2.32. The lowest BCUT2D eigenvalue weighted by Crippen LogP contribution is -2.32. The van der Waals surface area contributed by atoms with Gasteiger partial charge in [-0.2, -0.15) is 0 Å². The maximum Gasteiger partial charge on any atom is 0.150 e. The molecule has 0 saturated carbocycles. The molecule has 1 saturated heterocycles. The van der Waals surface area contributed by atoms with Crippen LogP contribution in [0.4, 0.5) is 0 Å². The molecule has 1 rings (SSSR count). The predicted octanol–water partition coefficient (Wildman–Crippen LogP) is 2.53. The van der Waals surface area contributed by atoms with Crippen molar-refractivity contribution in [1.82, 2.24) is 0 Å². The van der Waals surface area contributed by atoms with E-state index in [0.717, 1.165) is 24.8 Å². The molecule has 0 aliphatic carbocycles. The summed E-state index contributed by atoms with van der Waals surface area (Å²) in [5.74, 6) is 0.679. The summed E-state index contributed by atoms with van der Waals surface area (Å²) in [6, 6.07) is 0. The van der Waals surface area contributed by atoms with Crippen molar-refractivity contribution in [3.63, 3.8) is 0 Å². The molecule has 3 nitrogen and oxygen atoms in total. The highest BCUT2D eigenvalue weighted by Crippen LogP contribution is 2.35. The van der Waals surface area contributed by atoms with Gasteiger partial charge < -0.3 is 4.74 Å². The van der Waals surface area contributed by atoms with Gasteiger partial charge in [-0.15, -0.1) is 0 Å². The average Bonchev–Trinajstić information content (AvgIpc) is 2.18. The zero-order valence-electron chi connectivity index (χ0n) is 10.5. The third kappa shape index (κ3) is 4.56. The Morgan fingerprint density at radius 1 is 1.31 bits per heavy atom. The molecule has 0 bridgehead atoms. The van der Waals surface area contributed by atoms with E-state index >= 15 is 0 Å². The van der Waals surface area contributed by atoms with Crippen molar-refractivity contribution < 1.29 is 13.2 Å². The molecule has 0 amide bonds. The second-order valence-electron chi connectivity index (χ2n) is 5.28. The molecule has 0 N–H and O–H groups in total. The molecule has 4 heteroatoms. The monoisotopic (exact) mass is 246 g/mol. The highest BCUT2D eigenvalue weighted by molar-refractivity contribution is 7.91. The van der Waals surface area contributed by atoms with Gasteiger partial charge in [0, 0.05) is 0 Å². The Bertz CT molecular complexity index is 336. The molecule has 1 aliphatic rings. The zero-order valence-corrected chi connectivity index (χ0v) is 11.3. The smallest absolute Gasteiger partial charge is 0.150 e. The van der Waals surface area contributed by atoms with E-state index in [-0.39, 0.29) is 5.41 Å². The van der Waals surface area contributed by atoms with Crippen molar-refractivity contribution in [3.8, 4) is 0 Å². The Kier molecular flexibility index (Phi) is 4.42. The van der Waals surface area contributed by atoms with E-state index in [2.05, 4.69) is 6.92 Å². The maximum absolute atomic E-state index is 11.3. The standard InChI is InChI=1S/C12H22O3S/c1-11(2)10-15-7-4-12(3)5-8-16(13,14)9-6-12/h10H,4-9H2,1-3H3. The van der Waals surface area contributed by atoms with Crippen molar-refractivity contribution in [1.29, 1.82) is 0 Å². The van der Waals surface area contributed by atoms with Crippen LogP contribution in [-0.4, -0.2) is 26.5 Å². The van der Waals surface area contributed by atoms with Gasteiger partial charge in [0.15, 0.2) is 0 Å². The van der Waals surface area contributed by atoms with Crippen LogP contribution in [0.15, 0.2) is 11.8 Å². The van der Waals surface area contributed by atoms with E-state index in [4.69, 9.17) is 4.74 Å². The first-order chi connectivity index (χ1) is 7.33. The first-order valence-corrected chi connectivity index (χ1v) is 7.61. The number of allylic oxidation sites excluding steroid dienone is 1. The molecule has 1 aliphatic heterocycles. The Morgan fingerprint density at radius 2 is 1.88 bits per heavy atom. The van der Waals surface area contributed by atoms with Crippen LogP contribution < -0.4 is 0 Å². The van der Waals surface area contributed by atoms with E-state index in [1.54, 1.807) is 6.26 Å². The van der Waals surface area contributed by atoms with Gasteiger partial charge in [-0.25, -0.2) is 8.42 Å². The van der Waals surface area contributed by atoms with Gasteiger partial charge in [-0.05, 0) is 44.1 Å². The quantitative estimate of drug-likeness (QED) is 0.565. The Morgan fingerprint density at radius 3 is 2.38 bits per heavy atom. The lowest BCUT2D eigenvalue weighted by atomic mass is 9.81. The number of rotatable bonds is 4. The van der Waals surface area contributed by atoms with Crippen molar-refractivity contribution in [3.05, 3.63) is 11.8 Å². The molecular weight excluding hydrogens is 224 g/mol. The topological polar surface area (TPSA) is 43.4 Å². The fraction of sp³-hybridized carbons (Fsp3) is 0.833. The summed E-state index contributed by atoms with van der Waals surface area (Å²) >= 11 is 0. The maximum atomic E-state index is 11.3. The van der Waals surface area contributed by atoms with Crippen molar-refractivity contribution in [2.45, 2.75) is 40.0 Å². The van der Waals surface area contributed by atoms with Gasteiger partial charge in [0.2, 0.25) is 0 Å². The molecule has 0 spiro atoms. The first kappa shape index (κ1) is 13.6. The molecule has 0 radical (unpaired) electrons. The molecular formula is C12H22O3S. The lowest BCUT2D eigenvalue weighted by molar-refractivity contribution is 0.164. The van der Waals surface area contributed by atoms with Crippen LogP contribution >= 0.6 is 0 Å². The summed E-state index contributed by atoms with van der Waals surface area (Å²) in [5, 5.41) is 0. The molecule has 0 unspecified atom stereocenters. The van der Waals surface area contributed by atoms with Crippen LogP contribution in [0.2, 0.25) is 0 Å². The number of sulfone groups is 1. The summed E-state index contributed by atoms with van der Waals surface area (Å²) in [6.45, 7) is 6.83. The van der Waals surface area contributed by atoms with Gasteiger partial charge >= 0.3 is 0 Å². The predicted molar refractivity (Wildman–Crippen MR) is 66.0 cm³/mol. The normalized spacial score (nSPS) is 22.4. The zero-order chi connectivity index (χ0) is 12.2. The van der Waals surface area contributed by atoms with Crippen LogP contribution in [0.5, 0.6) is 0 Å². The van der Waals surface area contributed by atoms with Crippen molar-refractivity contribution in [2.75, 3.05) is 18.1 Å². The van der Waals surface area contributed by atoms with Gasteiger partial charge in [0.25, 0.3) is 0 Å². The lowest BCUT2D eigenvalue weighted by Gasteiger charge is -2.33. The van der Waals surface area contributed by atoms with E-state index in [9.17, 15) is 8.42 Å². The number of hydrogen-bond donors (Lipinski definition) is 0. The molecule has 0 aromatic carbocycles. The van der Waals surface area contributed by atoms with Gasteiger partial charge in [0.1, 0.15) is 9.84 Å². The minimum Gasteiger partial charge on any atom is -0.501 e. The van der Waals surface area contributed by atoms with Crippen LogP contribution in [-0.2, 0) is 14.6 Å². The van der Waals surface area contributed by atoms with Gasteiger partial charge in [0.05, 0.1) is 24.4 Å². The van der Waals surface area contributed by atoms with Gasteiger partial charge in [-0.1, -0.05) is 6.92 Å². The SMILES string of the molecule is CC(C)=COCCC1(C)CCS(=O)(=O)CC1. The first-order valence-electron chi connectivity index (χ1n) is 5.78. The van der Waals surface area contributed by atoms with Crippen LogP contribution in [0, 0.1) is 5.41 Å². The molecule has 0 atom stereocenters. The molecule has 94 valence electrons. The minimum atomic E-state index is -2.75. The van der Waals surface area contributed by atoms with E-state index in [1.165, 1.54) is 0 Å². The molecule has 0 aromatic heterocycles. The highest BCUT2D eigenvalue weighted by atomic mass is 32.2. The second-order valence-corrected chi connectivity index (χ2v) is 7.58. The second kappa shape index (κ2) is 5.21. The summed E-state index contributed by atoms with van der Waals surface area (Å²) in [7, 11) is -2.75. The Hall–Kier alpha value is -0.510. The third-order valence-electron chi connectivity index (χ3n) is 3.18. The molecule has 0 aromatic rings. The van der Waals surface area contributed by atoms with Crippen LogP contribution in [0.3, 0.4) is 0 Å². The largest absolute Gasteiger partial charge is 0.501 e. The summed E-state index contributed by atoms with van der Waals surface area (Å²) in [6.07, 6.45) is 4.25. The average molecular weight is 246 g/mol. The molecule has 16 heavy (non-hydrogen) atoms. The summed E-state index contributed by atoms with van der Waals surface area (Å²) < 4.78 is 28.0. The number of hydrogen-bond acceptors (Lipinski definition) is 3. The van der Waals surface area contributed by atoms with E-state index in [1.807, 2.05) is 13.8 Å². The van der Waals surface area contributed by atoms with Crippen LogP contribution in [0.25, 0.3) is 0 Å². The van der Waals surface area contributed by atoms with Crippen LogP contribution in [0.1, 0.15) is 40.0 Å². The Balaban J connectivity index is 2.34. The van der Waals surface area contributed by atoms with Gasteiger partial charge in [-0.3, -0.25) is 0 Å². The summed E-state index contributed by atoms with van der Waals surface area (Å²) in [4.78, 5) is 0. The van der Waals surface area contributed by atoms with Crippen molar-refractivity contribution in [2.24, 2.45) is 5.41 Å². The molecule has 1 heterocycles. The third-order valence-corrected chi connectivity index (χ3v) is 4.83. The summed E-state index contributed by atoms with van der Waals surface area (Å²) in [5.41, 5.74) is 1.29. The minimum absolute atomic E-state index is 0.140. The van der Waals surface area contributed by atoms with E-state index in [0.29, 0.717) is 18.1 Å². The Labute approximate surface area is 98.8 Å². The fourth-order valence-electron chi connectivity index (χ4n) is 1.81. The van der Waals surface area contributed by atoms with Crippen molar-refractivity contribution >= 4 is 9.84 Å².